The maximum absolute atomic E-state index is 6.26. The summed E-state index contributed by atoms with van der Waals surface area (Å²) in [6.45, 7) is 12.5. The molecule has 1 aromatic heterocycles. The molecule has 2 heterocycles. The SMILES string of the molecule is CC(C)(S)c1cc(-c2cccc(B3OC(C)(C)C(C)(C)O3)c2)c2ncccc2c1. The van der Waals surface area contributed by atoms with Crippen molar-refractivity contribution in [1.82, 2.24) is 4.98 Å². The van der Waals surface area contributed by atoms with Crippen LogP contribution in [-0.4, -0.2) is 23.3 Å². The Hall–Kier alpha value is -1.82. The van der Waals surface area contributed by atoms with Crippen molar-refractivity contribution in [3.8, 4) is 11.1 Å². The first-order chi connectivity index (χ1) is 13.5. The summed E-state index contributed by atoms with van der Waals surface area (Å²) >= 11 is 4.80. The van der Waals surface area contributed by atoms with Crippen molar-refractivity contribution >= 4 is 36.1 Å². The maximum Gasteiger partial charge on any atom is 0.494 e. The van der Waals surface area contributed by atoms with Gasteiger partial charge in [-0.05, 0) is 76.3 Å². The number of aromatic nitrogens is 1. The molecule has 0 bridgehead atoms. The lowest BCUT2D eigenvalue weighted by Crippen LogP contribution is -2.41. The predicted octanol–water partition coefficient (Wildman–Crippen LogP) is 5.37. The number of fused-ring (bicyclic) bond motifs is 1. The van der Waals surface area contributed by atoms with Crippen LogP contribution in [0, 0.1) is 0 Å². The van der Waals surface area contributed by atoms with E-state index in [0.717, 1.165) is 33.1 Å². The summed E-state index contributed by atoms with van der Waals surface area (Å²) in [7, 11) is -0.385. The van der Waals surface area contributed by atoms with Crippen LogP contribution < -0.4 is 5.46 Å². The minimum atomic E-state index is -0.385. The first kappa shape index (κ1) is 20.5. The highest BCUT2D eigenvalue weighted by Gasteiger charge is 2.51. The van der Waals surface area contributed by atoms with Crippen LogP contribution in [0.3, 0.4) is 0 Å². The Labute approximate surface area is 179 Å². The van der Waals surface area contributed by atoms with Crippen LogP contribution in [0.1, 0.15) is 47.1 Å². The quantitative estimate of drug-likeness (QED) is 0.470. The Kier molecular flexibility index (Phi) is 4.84. The molecule has 3 aromatic rings. The highest BCUT2D eigenvalue weighted by molar-refractivity contribution is 7.81. The van der Waals surface area contributed by atoms with Gasteiger partial charge in [-0.2, -0.15) is 12.6 Å². The van der Waals surface area contributed by atoms with Crippen molar-refractivity contribution in [1.29, 1.82) is 0 Å². The van der Waals surface area contributed by atoms with Crippen LogP contribution in [0.25, 0.3) is 22.0 Å². The molecular weight excluding hydrogens is 377 g/mol. The summed E-state index contributed by atoms with van der Waals surface area (Å²) in [5.41, 5.74) is 4.63. The summed E-state index contributed by atoms with van der Waals surface area (Å²) < 4.78 is 12.3. The zero-order valence-electron chi connectivity index (χ0n) is 18.0. The van der Waals surface area contributed by atoms with Gasteiger partial charge in [0.05, 0.1) is 16.7 Å². The third-order valence-corrected chi connectivity index (χ3v) is 6.39. The van der Waals surface area contributed by atoms with Crippen molar-refractivity contribution in [2.45, 2.75) is 57.5 Å². The van der Waals surface area contributed by atoms with Gasteiger partial charge in [0.1, 0.15) is 0 Å². The predicted molar refractivity (Wildman–Crippen MR) is 125 cm³/mol. The maximum atomic E-state index is 6.26. The molecule has 3 nitrogen and oxygen atoms in total. The van der Waals surface area contributed by atoms with E-state index < -0.39 is 0 Å². The fourth-order valence-corrected chi connectivity index (χ4v) is 3.73. The lowest BCUT2D eigenvalue weighted by atomic mass is 9.77. The molecule has 0 radical (unpaired) electrons. The minimum absolute atomic E-state index is 0.248. The molecule has 1 aliphatic heterocycles. The molecule has 0 amide bonds. The van der Waals surface area contributed by atoms with Gasteiger partial charge in [-0.15, -0.1) is 0 Å². The van der Waals surface area contributed by atoms with Crippen LogP contribution in [0.2, 0.25) is 0 Å². The van der Waals surface area contributed by atoms with Gasteiger partial charge in [0, 0.05) is 21.9 Å². The molecular formula is C24H28BNO2S. The summed E-state index contributed by atoms with van der Waals surface area (Å²) in [5, 5.41) is 1.11. The van der Waals surface area contributed by atoms with Gasteiger partial charge in [0.2, 0.25) is 0 Å². The molecule has 0 N–H and O–H groups in total. The first-order valence-corrected chi connectivity index (χ1v) is 10.5. The third kappa shape index (κ3) is 3.72. The van der Waals surface area contributed by atoms with E-state index in [4.69, 9.17) is 21.9 Å². The minimum Gasteiger partial charge on any atom is -0.399 e. The van der Waals surface area contributed by atoms with Gasteiger partial charge < -0.3 is 9.31 Å². The highest BCUT2D eigenvalue weighted by Crippen LogP contribution is 2.38. The van der Waals surface area contributed by atoms with Crippen molar-refractivity contribution in [3.63, 3.8) is 0 Å². The second-order valence-corrected chi connectivity index (χ2v) is 10.5. The Morgan fingerprint density at radius 3 is 2.28 bits per heavy atom. The van der Waals surface area contributed by atoms with Crippen LogP contribution in [0.15, 0.2) is 54.7 Å². The highest BCUT2D eigenvalue weighted by atomic mass is 32.1. The molecule has 0 atom stereocenters. The van der Waals surface area contributed by atoms with Crippen molar-refractivity contribution < 1.29 is 9.31 Å². The molecule has 1 saturated heterocycles. The van der Waals surface area contributed by atoms with E-state index in [1.54, 1.807) is 0 Å². The number of hydrogen-bond donors (Lipinski definition) is 1. The van der Waals surface area contributed by atoms with E-state index >= 15 is 0 Å². The normalized spacial score (nSPS) is 18.4. The van der Waals surface area contributed by atoms with Crippen molar-refractivity contribution in [2.24, 2.45) is 0 Å². The molecule has 29 heavy (non-hydrogen) atoms. The Balaban J connectivity index is 1.83. The second-order valence-electron chi connectivity index (χ2n) is 9.37. The lowest BCUT2D eigenvalue weighted by molar-refractivity contribution is 0.00578. The molecule has 2 aromatic carbocycles. The topological polar surface area (TPSA) is 31.4 Å². The summed E-state index contributed by atoms with van der Waals surface area (Å²) in [6, 6.07) is 16.8. The van der Waals surface area contributed by atoms with Crippen LogP contribution in [0.4, 0.5) is 0 Å². The number of rotatable bonds is 3. The Bertz CT molecular complexity index is 1060. The molecule has 0 saturated carbocycles. The second kappa shape index (κ2) is 6.87. The van der Waals surface area contributed by atoms with Crippen LogP contribution in [0.5, 0.6) is 0 Å². The molecule has 5 heteroatoms. The van der Waals surface area contributed by atoms with Crippen LogP contribution in [-0.2, 0) is 14.1 Å². The number of hydrogen-bond acceptors (Lipinski definition) is 4. The molecule has 0 aliphatic carbocycles. The van der Waals surface area contributed by atoms with Crippen LogP contribution >= 0.6 is 12.6 Å². The van der Waals surface area contributed by atoms with Crippen molar-refractivity contribution in [3.05, 3.63) is 60.3 Å². The lowest BCUT2D eigenvalue weighted by Gasteiger charge is -2.32. The summed E-state index contributed by atoms with van der Waals surface area (Å²) in [5.74, 6) is 0. The van der Waals surface area contributed by atoms with E-state index in [2.05, 4.69) is 89.0 Å². The van der Waals surface area contributed by atoms with E-state index in [-0.39, 0.29) is 23.1 Å². The molecule has 0 spiro atoms. The van der Waals surface area contributed by atoms with E-state index in [0.29, 0.717) is 0 Å². The molecule has 1 aliphatic rings. The van der Waals surface area contributed by atoms with E-state index in [1.165, 1.54) is 0 Å². The van der Waals surface area contributed by atoms with Gasteiger partial charge in [-0.1, -0.05) is 30.3 Å². The van der Waals surface area contributed by atoms with E-state index in [1.807, 2.05) is 12.3 Å². The number of benzene rings is 2. The molecule has 150 valence electrons. The summed E-state index contributed by atoms with van der Waals surface area (Å²) in [4.78, 5) is 4.67. The fourth-order valence-electron chi connectivity index (χ4n) is 3.60. The molecule has 1 fully saturated rings. The van der Waals surface area contributed by atoms with Gasteiger partial charge in [0.15, 0.2) is 0 Å². The largest absolute Gasteiger partial charge is 0.494 e. The van der Waals surface area contributed by atoms with Gasteiger partial charge in [0.25, 0.3) is 0 Å². The first-order valence-electron chi connectivity index (χ1n) is 10.1. The van der Waals surface area contributed by atoms with Gasteiger partial charge in [-0.3, -0.25) is 4.98 Å². The third-order valence-electron chi connectivity index (χ3n) is 6.13. The van der Waals surface area contributed by atoms with Gasteiger partial charge in [-0.25, -0.2) is 0 Å². The molecule has 0 unspecified atom stereocenters. The number of nitrogens with zero attached hydrogens (tertiary/aromatic N) is 1. The standard InChI is InChI=1S/C24H28BNO2S/c1-22(2,29)18-13-17-10-8-12-26-21(17)20(15-18)16-9-7-11-19(14-16)25-27-23(3,4)24(5,6)28-25/h7-15,29H,1-6H3. The van der Waals surface area contributed by atoms with E-state index in [9.17, 15) is 0 Å². The average molecular weight is 405 g/mol. The number of pyridine rings is 1. The Morgan fingerprint density at radius 2 is 1.62 bits per heavy atom. The molecule has 4 rings (SSSR count). The number of thiol groups is 1. The smallest absolute Gasteiger partial charge is 0.399 e. The fraction of sp³-hybridized carbons (Fsp3) is 0.375. The van der Waals surface area contributed by atoms with Gasteiger partial charge >= 0.3 is 7.12 Å². The Morgan fingerprint density at radius 1 is 0.931 bits per heavy atom. The zero-order valence-corrected chi connectivity index (χ0v) is 18.9. The summed E-state index contributed by atoms with van der Waals surface area (Å²) in [6.07, 6.45) is 1.84. The zero-order chi connectivity index (χ0) is 21.0. The van der Waals surface area contributed by atoms with Crippen molar-refractivity contribution in [2.75, 3.05) is 0 Å². The average Bonchev–Trinajstić information content (AvgIpc) is 2.87. The monoisotopic (exact) mass is 405 g/mol.